The standard InChI is InChI=1S/C33H33FN6O6S/c1-17-9-22(30-26(10-17)38-29(44-4)14-36-30)31-39-25-11-23(34)27(12-28(25)47-31)45-18(2)19(3)46-33(43)37-21-5-6-24(35-13-21)32(42)40-8-7-20(15-40)16-41/h5-6,9-14,18-20,41H,7-8,15-16H2,1-4H3,(H,37,43)/t18-,19+,20-/m0/s1. The number of thiazole rings is 1. The topological polar surface area (TPSA) is 149 Å². The summed E-state index contributed by atoms with van der Waals surface area (Å²) in [6, 6.07) is 9.87. The third-order valence-electron chi connectivity index (χ3n) is 7.98. The number of aryl methyl sites for hydroxylation is 1. The van der Waals surface area contributed by atoms with Gasteiger partial charge in [0, 0.05) is 43.3 Å². The third-order valence-corrected chi connectivity index (χ3v) is 9.03. The lowest BCUT2D eigenvalue weighted by Crippen LogP contribution is -2.32. The molecule has 2 aromatic carbocycles. The van der Waals surface area contributed by atoms with Crippen molar-refractivity contribution in [2.75, 3.05) is 32.1 Å². The predicted octanol–water partition coefficient (Wildman–Crippen LogP) is 5.62. The number of nitrogens with one attached hydrogen (secondary N) is 1. The van der Waals surface area contributed by atoms with Gasteiger partial charge in [0.25, 0.3) is 5.91 Å². The number of hydrogen-bond acceptors (Lipinski definition) is 11. The number of benzene rings is 2. The van der Waals surface area contributed by atoms with Crippen molar-refractivity contribution in [1.29, 1.82) is 0 Å². The van der Waals surface area contributed by atoms with Crippen LogP contribution in [-0.4, -0.2) is 81.0 Å². The Bertz CT molecular complexity index is 1950. The van der Waals surface area contributed by atoms with Crippen LogP contribution in [0.15, 0.2) is 48.8 Å². The van der Waals surface area contributed by atoms with E-state index < -0.39 is 24.1 Å². The van der Waals surface area contributed by atoms with Crippen molar-refractivity contribution in [3.05, 3.63) is 65.9 Å². The molecule has 14 heteroatoms. The number of hydrogen-bond donors (Lipinski definition) is 2. The lowest BCUT2D eigenvalue weighted by molar-refractivity contribution is 0.0402. The molecule has 0 spiro atoms. The summed E-state index contributed by atoms with van der Waals surface area (Å²) in [4.78, 5) is 44.8. The van der Waals surface area contributed by atoms with Crippen LogP contribution in [0.3, 0.4) is 0 Å². The highest BCUT2D eigenvalue weighted by atomic mass is 32.1. The Morgan fingerprint density at radius 2 is 1.94 bits per heavy atom. The molecule has 0 radical (unpaired) electrons. The zero-order chi connectivity index (χ0) is 33.2. The van der Waals surface area contributed by atoms with Crippen LogP contribution in [0.5, 0.6) is 11.6 Å². The summed E-state index contributed by atoms with van der Waals surface area (Å²) in [6.07, 6.45) is 1.46. The molecule has 0 aliphatic carbocycles. The minimum atomic E-state index is -0.756. The lowest BCUT2D eigenvalue weighted by atomic mass is 10.1. The number of aliphatic hydroxyl groups excluding tert-OH is 1. The summed E-state index contributed by atoms with van der Waals surface area (Å²) >= 11 is 1.37. The number of carbonyl (C=O) groups excluding carboxylic acids is 2. The minimum absolute atomic E-state index is 0.00227. The van der Waals surface area contributed by atoms with E-state index in [0.29, 0.717) is 50.9 Å². The largest absolute Gasteiger partial charge is 0.484 e. The Kier molecular flexibility index (Phi) is 9.14. The summed E-state index contributed by atoms with van der Waals surface area (Å²) in [7, 11) is 1.53. The number of methoxy groups -OCH3 is 1. The van der Waals surface area contributed by atoms with Crippen LogP contribution in [0.4, 0.5) is 14.9 Å². The van der Waals surface area contributed by atoms with Gasteiger partial charge in [0.15, 0.2) is 11.6 Å². The van der Waals surface area contributed by atoms with Gasteiger partial charge >= 0.3 is 6.09 Å². The number of likely N-dealkylation sites (tertiary alicyclic amines) is 1. The molecule has 1 aliphatic rings. The van der Waals surface area contributed by atoms with Crippen LogP contribution < -0.4 is 14.8 Å². The maximum Gasteiger partial charge on any atom is 0.412 e. The fraction of sp³-hybridized carbons (Fsp3) is 0.333. The monoisotopic (exact) mass is 660 g/mol. The Labute approximate surface area is 273 Å². The first-order valence-corrected chi connectivity index (χ1v) is 15.9. The van der Waals surface area contributed by atoms with Crippen LogP contribution in [0, 0.1) is 18.7 Å². The first-order chi connectivity index (χ1) is 22.6. The maximum absolute atomic E-state index is 15.2. The SMILES string of the molecule is COc1cnc2c(-c3nc4cc(F)c(O[C@@H](C)[C@@H](C)OC(=O)Nc5ccc(C(=O)N6CC[C@H](CO)C6)nc5)cc4s3)cc(C)cc2n1. The molecule has 0 unspecified atom stereocenters. The van der Waals surface area contributed by atoms with E-state index >= 15 is 4.39 Å². The molecule has 2 amide bonds. The number of halogens is 1. The highest BCUT2D eigenvalue weighted by Crippen LogP contribution is 2.37. The summed E-state index contributed by atoms with van der Waals surface area (Å²) in [5.41, 5.74) is 4.12. The normalized spacial score (nSPS) is 15.9. The predicted molar refractivity (Wildman–Crippen MR) is 174 cm³/mol. The number of anilines is 1. The molecule has 1 saturated heterocycles. The molecular weight excluding hydrogens is 627 g/mol. The molecule has 3 atom stereocenters. The highest BCUT2D eigenvalue weighted by Gasteiger charge is 2.27. The summed E-state index contributed by atoms with van der Waals surface area (Å²) < 4.78 is 32.5. The van der Waals surface area contributed by atoms with Crippen molar-refractivity contribution in [3.63, 3.8) is 0 Å². The van der Waals surface area contributed by atoms with E-state index in [-0.39, 0.29) is 29.9 Å². The zero-order valence-electron chi connectivity index (χ0n) is 26.2. The number of aliphatic hydroxyl groups is 1. The van der Waals surface area contributed by atoms with Crippen molar-refractivity contribution >= 4 is 50.3 Å². The number of nitrogens with zero attached hydrogens (tertiary/aromatic N) is 5. The Balaban J connectivity index is 1.09. The average Bonchev–Trinajstić information content (AvgIpc) is 3.71. The van der Waals surface area contributed by atoms with Crippen LogP contribution >= 0.6 is 11.3 Å². The zero-order valence-corrected chi connectivity index (χ0v) is 27.0. The molecule has 2 N–H and O–H groups in total. The number of fused-ring (bicyclic) bond motifs is 2. The van der Waals surface area contributed by atoms with Gasteiger partial charge in [0.05, 0.1) is 46.4 Å². The summed E-state index contributed by atoms with van der Waals surface area (Å²) in [5.74, 6) is -0.342. The van der Waals surface area contributed by atoms with Gasteiger partial charge in [-0.15, -0.1) is 11.3 Å². The number of rotatable bonds is 9. The Hall–Kier alpha value is -4.95. The molecule has 47 heavy (non-hydrogen) atoms. The van der Waals surface area contributed by atoms with E-state index in [9.17, 15) is 14.7 Å². The quantitative estimate of drug-likeness (QED) is 0.204. The van der Waals surface area contributed by atoms with E-state index in [1.807, 2.05) is 19.1 Å². The van der Waals surface area contributed by atoms with E-state index in [2.05, 4.69) is 25.3 Å². The van der Waals surface area contributed by atoms with E-state index in [4.69, 9.17) is 14.2 Å². The first kappa shape index (κ1) is 32.0. The molecule has 5 aromatic rings. The van der Waals surface area contributed by atoms with Crippen LogP contribution in [0.25, 0.3) is 31.8 Å². The van der Waals surface area contributed by atoms with Crippen molar-refractivity contribution in [2.45, 2.75) is 39.4 Å². The van der Waals surface area contributed by atoms with Gasteiger partial charge in [-0.3, -0.25) is 10.1 Å². The van der Waals surface area contributed by atoms with Gasteiger partial charge in [-0.05, 0) is 57.0 Å². The summed E-state index contributed by atoms with van der Waals surface area (Å²) in [5, 5.41) is 12.6. The third kappa shape index (κ3) is 6.93. The van der Waals surface area contributed by atoms with Crippen LogP contribution in [0.2, 0.25) is 0 Å². The van der Waals surface area contributed by atoms with E-state index in [1.165, 1.54) is 36.8 Å². The molecule has 1 aliphatic heterocycles. The minimum Gasteiger partial charge on any atom is -0.484 e. The number of pyridine rings is 1. The van der Waals surface area contributed by atoms with Gasteiger partial charge in [0.2, 0.25) is 5.88 Å². The summed E-state index contributed by atoms with van der Waals surface area (Å²) in [6.45, 7) is 6.36. The molecule has 1 fully saturated rings. The second-order valence-electron chi connectivity index (χ2n) is 11.4. The second kappa shape index (κ2) is 13.4. The van der Waals surface area contributed by atoms with E-state index in [1.54, 1.807) is 37.1 Å². The molecular formula is C33H33FN6O6S. The van der Waals surface area contributed by atoms with Crippen molar-refractivity contribution in [1.82, 2.24) is 24.8 Å². The number of aromatic nitrogens is 4. The second-order valence-corrected chi connectivity index (χ2v) is 12.5. The molecule has 4 heterocycles. The fourth-order valence-corrected chi connectivity index (χ4v) is 6.27. The first-order valence-electron chi connectivity index (χ1n) is 15.0. The van der Waals surface area contributed by atoms with Gasteiger partial charge in [-0.1, -0.05) is 0 Å². The number of amides is 2. The fourth-order valence-electron chi connectivity index (χ4n) is 5.28. The molecule has 12 nitrogen and oxygen atoms in total. The Morgan fingerprint density at radius 1 is 1.11 bits per heavy atom. The molecule has 0 bridgehead atoms. The van der Waals surface area contributed by atoms with Crippen molar-refractivity contribution in [3.8, 4) is 22.2 Å². The highest BCUT2D eigenvalue weighted by molar-refractivity contribution is 7.21. The lowest BCUT2D eigenvalue weighted by Gasteiger charge is -2.22. The van der Waals surface area contributed by atoms with Gasteiger partial charge in [0.1, 0.15) is 22.9 Å². The molecule has 0 saturated carbocycles. The molecule has 3 aromatic heterocycles. The van der Waals surface area contributed by atoms with E-state index in [0.717, 1.165) is 17.5 Å². The number of ether oxygens (including phenoxy) is 3. The Morgan fingerprint density at radius 3 is 2.66 bits per heavy atom. The molecule has 6 rings (SSSR count). The average molecular weight is 661 g/mol. The maximum atomic E-state index is 15.2. The van der Waals surface area contributed by atoms with Crippen LogP contribution in [0.1, 0.15) is 36.3 Å². The van der Waals surface area contributed by atoms with Crippen molar-refractivity contribution in [2.24, 2.45) is 5.92 Å². The van der Waals surface area contributed by atoms with Crippen molar-refractivity contribution < 1.29 is 33.3 Å². The van der Waals surface area contributed by atoms with Gasteiger partial charge in [-0.25, -0.2) is 29.1 Å². The van der Waals surface area contributed by atoms with Gasteiger partial charge < -0.3 is 24.2 Å². The van der Waals surface area contributed by atoms with Crippen LogP contribution in [-0.2, 0) is 4.74 Å². The number of carbonyl (C=O) groups is 2. The molecule has 244 valence electrons. The van der Waals surface area contributed by atoms with Gasteiger partial charge in [-0.2, -0.15) is 0 Å². The smallest absolute Gasteiger partial charge is 0.412 e.